The van der Waals surface area contributed by atoms with Crippen LogP contribution in [-0.4, -0.2) is 39.5 Å². The Hall–Kier alpha value is -4.22. The van der Waals surface area contributed by atoms with E-state index in [2.05, 4.69) is 25.9 Å². The minimum absolute atomic E-state index is 0.116. The quantitative estimate of drug-likeness (QED) is 0.237. The van der Waals surface area contributed by atoms with Crippen LogP contribution in [0.3, 0.4) is 0 Å². The van der Waals surface area contributed by atoms with E-state index < -0.39 is 29.2 Å². The Morgan fingerprint density at radius 2 is 1.75 bits per heavy atom. The number of hydrogen-bond donors (Lipinski definition) is 4. The summed E-state index contributed by atoms with van der Waals surface area (Å²) >= 11 is 6.28. The smallest absolute Gasteiger partial charge is 0.380 e. The number of rotatable bonds is 7. The normalized spacial score (nSPS) is 14.1. The van der Waals surface area contributed by atoms with Gasteiger partial charge in [0.05, 0.1) is 21.7 Å². The van der Waals surface area contributed by atoms with Crippen molar-refractivity contribution in [3.05, 3.63) is 82.4 Å². The van der Waals surface area contributed by atoms with Crippen molar-refractivity contribution in [1.82, 2.24) is 15.3 Å². The average Bonchev–Trinajstić information content (AvgIpc) is 3.69. The summed E-state index contributed by atoms with van der Waals surface area (Å²) in [5.74, 6) is -0.276. The SMILES string of the molecule is CNc1nc(-c2ccc(C(F)(F)F)cc2)nc2cc(NC(=O)c3cc(CNC(=O)C4(O)CC4)ccc3Cl)ccc12. The van der Waals surface area contributed by atoms with Gasteiger partial charge in [0.1, 0.15) is 11.4 Å². The van der Waals surface area contributed by atoms with E-state index in [0.29, 0.717) is 46.4 Å². The van der Waals surface area contributed by atoms with Crippen molar-refractivity contribution in [2.75, 3.05) is 17.7 Å². The third-order valence-corrected chi connectivity index (χ3v) is 6.87. The second-order valence-electron chi connectivity index (χ2n) is 9.44. The largest absolute Gasteiger partial charge is 0.416 e. The number of anilines is 2. The van der Waals surface area contributed by atoms with Crippen LogP contribution in [-0.2, 0) is 17.5 Å². The van der Waals surface area contributed by atoms with Crippen molar-refractivity contribution in [2.45, 2.75) is 31.2 Å². The second kappa shape index (κ2) is 10.4. The topological polar surface area (TPSA) is 116 Å². The molecule has 40 heavy (non-hydrogen) atoms. The fraction of sp³-hybridized carbons (Fsp3) is 0.214. The first kappa shape index (κ1) is 27.4. The predicted molar refractivity (Wildman–Crippen MR) is 145 cm³/mol. The van der Waals surface area contributed by atoms with Crippen LogP contribution in [0.5, 0.6) is 0 Å². The average molecular weight is 570 g/mol. The lowest BCUT2D eigenvalue weighted by atomic mass is 10.1. The molecular formula is C28H23ClF3N5O3. The van der Waals surface area contributed by atoms with Gasteiger partial charge in [0.2, 0.25) is 0 Å². The highest BCUT2D eigenvalue weighted by Gasteiger charge is 2.47. The lowest BCUT2D eigenvalue weighted by Gasteiger charge is -2.13. The molecule has 0 saturated heterocycles. The Bertz CT molecular complexity index is 1620. The van der Waals surface area contributed by atoms with Crippen LogP contribution in [0.15, 0.2) is 60.7 Å². The van der Waals surface area contributed by atoms with Gasteiger partial charge in [-0.2, -0.15) is 13.2 Å². The number of alkyl halides is 3. The van der Waals surface area contributed by atoms with Gasteiger partial charge < -0.3 is 21.1 Å². The number of benzene rings is 3. The number of aromatic nitrogens is 2. The summed E-state index contributed by atoms with van der Waals surface area (Å²) in [6.07, 6.45) is -3.61. The zero-order valence-corrected chi connectivity index (χ0v) is 21.8. The van der Waals surface area contributed by atoms with Crippen molar-refractivity contribution in [2.24, 2.45) is 0 Å². The summed E-state index contributed by atoms with van der Waals surface area (Å²) < 4.78 is 38.9. The van der Waals surface area contributed by atoms with Gasteiger partial charge in [-0.1, -0.05) is 29.8 Å². The van der Waals surface area contributed by atoms with E-state index in [4.69, 9.17) is 11.6 Å². The van der Waals surface area contributed by atoms with Gasteiger partial charge in [-0.25, -0.2) is 9.97 Å². The number of carbonyl (C=O) groups excluding carboxylic acids is 2. The maximum atomic E-state index is 13.1. The third kappa shape index (κ3) is 5.70. The molecule has 5 rings (SSSR count). The molecule has 4 N–H and O–H groups in total. The number of nitrogens with zero attached hydrogens (tertiary/aromatic N) is 2. The summed E-state index contributed by atoms with van der Waals surface area (Å²) in [5.41, 5.74) is -0.0197. The Morgan fingerprint density at radius 1 is 1.02 bits per heavy atom. The molecule has 8 nitrogen and oxygen atoms in total. The lowest BCUT2D eigenvalue weighted by Crippen LogP contribution is -2.35. The van der Waals surface area contributed by atoms with Crippen LogP contribution in [0.1, 0.15) is 34.3 Å². The number of nitrogens with one attached hydrogen (secondary N) is 3. The molecule has 12 heteroatoms. The van der Waals surface area contributed by atoms with Gasteiger partial charge >= 0.3 is 6.18 Å². The molecule has 1 aromatic heterocycles. The van der Waals surface area contributed by atoms with Crippen molar-refractivity contribution < 1.29 is 27.9 Å². The minimum atomic E-state index is -4.46. The zero-order chi connectivity index (χ0) is 28.7. The second-order valence-corrected chi connectivity index (χ2v) is 9.84. The van der Waals surface area contributed by atoms with Gasteiger partial charge in [0.15, 0.2) is 5.82 Å². The van der Waals surface area contributed by atoms with Crippen molar-refractivity contribution in [3.8, 4) is 11.4 Å². The maximum Gasteiger partial charge on any atom is 0.416 e. The number of amides is 2. The van der Waals surface area contributed by atoms with Gasteiger partial charge in [-0.05, 0) is 60.9 Å². The first-order valence-electron chi connectivity index (χ1n) is 12.2. The first-order valence-corrected chi connectivity index (χ1v) is 12.6. The number of carbonyl (C=O) groups is 2. The Morgan fingerprint density at radius 3 is 2.40 bits per heavy atom. The van der Waals surface area contributed by atoms with Crippen LogP contribution in [0, 0.1) is 0 Å². The van der Waals surface area contributed by atoms with Crippen LogP contribution in [0.2, 0.25) is 5.02 Å². The van der Waals surface area contributed by atoms with E-state index >= 15 is 0 Å². The third-order valence-electron chi connectivity index (χ3n) is 6.54. The van der Waals surface area contributed by atoms with Crippen molar-refractivity contribution >= 4 is 45.8 Å². The Kier molecular flexibility index (Phi) is 7.11. The molecule has 0 atom stereocenters. The Balaban J connectivity index is 1.38. The molecule has 2 amide bonds. The lowest BCUT2D eigenvalue weighted by molar-refractivity contribution is -0.137. The Labute approximate surface area is 231 Å². The fourth-order valence-corrected chi connectivity index (χ4v) is 4.29. The summed E-state index contributed by atoms with van der Waals surface area (Å²) in [4.78, 5) is 34.1. The molecular weight excluding hydrogens is 547 g/mol. The molecule has 206 valence electrons. The van der Waals surface area contributed by atoms with Gasteiger partial charge in [0, 0.05) is 30.2 Å². The van der Waals surface area contributed by atoms with Crippen LogP contribution in [0.4, 0.5) is 24.7 Å². The summed E-state index contributed by atoms with van der Waals surface area (Å²) in [5, 5.41) is 19.2. The molecule has 1 heterocycles. The molecule has 1 aliphatic carbocycles. The van der Waals surface area contributed by atoms with E-state index in [9.17, 15) is 27.9 Å². The molecule has 3 aromatic carbocycles. The standard InChI is InChI=1S/C28H23ClF3N5O3/c1-33-24-19-8-7-18(13-22(19)36-23(37-24)16-3-5-17(6-4-16)28(30,31)32)35-25(38)20-12-15(2-9-21(20)29)14-34-26(39)27(40)10-11-27/h2-9,12-13,40H,10-11,14H2,1H3,(H,34,39)(H,35,38)(H,33,36,37). The zero-order valence-electron chi connectivity index (χ0n) is 21.1. The number of hydrogen-bond acceptors (Lipinski definition) is 6. The first-order chi connectivity index (χ1) is 19.0. The van der Waals surface area contributed by atoms with E-state index in [1.54, 1.807) is 43.4 Å². The van der Waals surface area contributed by atoms with E-state index in [0.717, 1.165) is 12.1 Å². The molecule has 4 aromatic rings. The van der Waals surface area contributed by atoms with Crippen molar-refractivity contribution in [3.63, 3.8) is 0 Å². The predicted octanol–water partition coefficient (Wildman–Crippen LogP) is 5.40. The fourth-order valence-electron chi connectivity index (χ4n) is 4.08. The molecule has 0 unspecified atom stereocenters. The van der Waals surface area contributed by atoms with Crippen molar-refractivity contribution in [1.29, 1.82) is 0 Å². The number of halogens is 4. The number of fused-ring (bicyclic) bond motifs is 1. The molecule has 0 aliphatic heterocycles. The van der Waals surface area contributed by atoms with Crippen LogP contribution in [0.25, 0.3) is 22.3 Å². The number of aliphatic hydroxyl groups is 1. The molecule has 1 saturated carbocycles. The molecule has 1 aliphatic rings. The van der Waals surface area contributed by atoms with E-state index in [1.165, 1.54) is 12.1 Å². The molecule has 0 spiro atoms. The summed E-state index contributed by atoms with van der Waals surface area (Å²) in [6.45, 7) is 0.116. The van der Waals surface area contributed by atoms with E-state index in [1.807, 2.05) is 0 Å². The molecule has 1 fully saturated rings. The summed E-state index contributed by atoms with van der Waals surface area (Å²) in [7, 11) is 1.66. The van der Waals surface area contributed by atoms with Crippen LogP contribution < -0.4 is 16.0 Å². The van der Waals surface area contributed by atoms with Crippen LogP contribution >= 0.6 is 11.6 Å². The van der Waals surface area contributed by atoms with E-state index in [-0.39, 0.29) is 23.0 Å². The highest BCUT2D eigenvalue weighted by Crippen LogP contribution is 2.35. The molecule has 0 radical (unpaired) electrons. The minimum Gasteiger partial charge on any atom is -0.380 e. The highest BCUT2D eigenvalue weighted by atomic mass is 35.5. The summed E-state index contributed by atoms with van der Waals surface area (Å²) in [6, 6.07) is 14.3. The molecule has 0 bridgehead atoms. The maximum absolute atomic E-state index is 13.1. The van der Waals surface area contributed by atoms with Gasteiger partial charge in [-0.15, -0.1) is 0 Å². The van der Waals surface area contributed by atoms with Gasteiger partial charge in [-0.3, -0.25) is 9.59 Å². The monoisotopic (exact) mass is 569 g/mol. The van der Waals surface area contributed by atoms with Gasteiger partial charge in [0.25, 0.3) is 11.8 Å². The highest BCUT2D eigenvalue weighted by molar-refractivity contribution is 6.34.